The normalized spacial score (nSPS) is 16.1. The van der Waals surface area contributed by atoms with Crippen LogP contribution in [0.4, 0.5) is 5.69 Å². The number of hydrogen-bond donors (Lipinski definition) is 1. The fourth-order valence-corrected chi connectivity index (χ4v) is 4.90. The lowest BCUT2D eigenvalue weighted by Gasteiger charge is -2.36. The van der Waals surface area contributed by atoms with E-state index < -0.39 is 10.0 Å². The van der Waals surface area contributed by atoms with Crippen molar-refractivity contribution in [3.8, 4) is 6.07 Å². The number of rotatable bonds is 5. The van der Waals surface area contributed by atoms with E-state index in [1.165, 1.54) is 0 Å². The van der Waals surface area contributed by atoms with Crippen LogP contribution in [0.2, 0.25) is 0 Å². The Balaban J connectivity index is 1.64. The van der Waals surface area contributed by atoms with Crippen molar-refractivity contribution in [2.75, 3.05) is 11.4 Å². The van der Waals surface area contributed by atoms with Gasteiger partial charge in [0, 0.05) is 37.2 Å². The highest BCUT2D eigenvalue weighted by molar-refractivity contribution is 7.89. The van der Waals surface area contributed by atoms with E-state index in [-0.39, 0.29) is 10.9 Å². The smallest absolute Gasteiger partial charge is 0.240 e. The predicted molar refractivity (Wildman–Crippen MR) is 111 cm³/mol. The quantitative estimate of drug-likeness (QED) is 0.707. The standard InChI is InChI=1S/C22H20N4O2S/c23-13-17-8-9-22-19(11-17)12-20(16-26(22)15-18-5-4-10-24-14-18)25-29(27,28)21-6-2-1-3-7-21/h1-11,14,20,25H,12,15-16H2/t20-/m0/s1. The molecule has 4 rings (SSSR count). The molecule has 1 aromatic heterocycles. The highest BCUT2D eigenvalue weighted by Crippen LogP contribution is 2.30. The fraction of sp³-hybridized carbons (Fsp3) is 0.182. The Hall–Kier alpha value is -3.21. The van der Waals surface area contributed by atoms with Crippen molar-refractivity contribution in [1.29, 1.82) is 5.26 Å². The molecule has 0 radical (unpaired) electrons. The second-order valence-electron chi connectivity index (χ2n) is 7.03. The Morgan fingerprint density at radius 1 is 1.14 bits per heavy atom. The third kappa shape index (κ3) is 4.29. The molecule has 2 heterocycles. The minimum absolute atomic E-state index is 0.246. The second-order valence-corrected chi connectivity index (χ2v) is 8.75. The molecule has 0 bridgehead atoms. The molecule has 7 heteroatoms. The molecule has 0 saturated heterocycles. The molecule has 0 amide bonds. The molecule has 0 spiro atoms. The number of hydrogen-bond acceptors (Lipinski definition) is 5. The molecule has 6 nitrogen and oxygen atoms in total. The molecule has 0 aliphatic carbocycles. The van der Waals surface area contributed by atoms with E-state index in [2.05, 4.69) is 20.7 Å². The van der Waals surface area contributed by atoms with Gasteiger partial charge in [0.1, 0.15) is 0 Å². The lowest BCUT2D eigenvalue weighted by molar-refractivity contribution is 0.524. The van der Waals surface area contributed by atoms with Gasteiger partial charge in [0.25, 0.3) is 0 Å². The van der Waals surface area contributed by atoms with E-state index in [9.17, 15) is 13.7 Å². The van der Waals surface area contributed by atoms with Gasteiger partial charge in [-0.2, -0.15) is 5.26 Å². The topological polar surface area (TPSA) is 86.1 Å². The summed E-state index contributed by atoms with van der Waals surface area (Å²) < 4.78 is 28.5. The molecule has 0 unspecified atom stereocenters. The first-order valence-electron chi connectivity index (χ1n) is 9.29. The second kappa shape index (κ2) is 8.03. The molecular weight excluding hydrogens is 384 g/mol. The van der Waals surface area contributed by atoms with Crippen molar-refractivity contribution in [2.45, 2.75) is 23.9 Å². The summed E-state index contributed by atoms with van der Waals surface area (Å²) in [4.78, 5) is 6.55. The Morgan fingerprint density at radius 3 is 2.69 bits per heavy atom. The zero-order chi connectivity index (χ0) is 20.3. The number of sulfonamides is 1. The van der Waals surface area contributed by atoms with Crippen LogP contribution in [0.1, 0.15) is 16.7 Å². The van der Waals surface area contributed by atoms with E-state index in [1.807, 2.05) is 24.3 Å². The van der Waals surface area contributed by atoms with Gasteiger partial charge in [-0.25, -0.2) is 13.1 Å². The molecule has 0 fully saturated rings. The Bertz CT molecular complexity index is 1140. The van der Waals surface area contributed by atoms with Gasteiger partial charge in [-0.3, -0.25) is 4.98 Å². The summed E-state index contributed by atoms with van der Waals surface area (Å²) in [6.45, 7) is 1.14. The number of fused-ring (bicyclic) bond motifs is 1. The Morgan fingerprint density at radius 2 is 1.97 bits per heavy atom. The number of nitriles is 1. The molecular formula is C22H20N4O2S. The molecule has 2 aromatic carbocycles. The van der Waals surface area contributed by atoms with Gasteiger partial charge in [0.2, 0.25) is 10.0 Å². The first-order valence-corrected chi connectivity index (χ1v) is 10.8. The number of pyridine rings is 1. The molecule has 1 atom stereocenters. The van der Waals surface area contributed by atoms with E-state index in [0.717, 1.165) is 16.8 Å². The number of anilines is 1. The van der Waals surface area contributed by atoms with E-state index in [4.69, 9.17) is 0 Å². The van der Waals surface area contributed by atoms with Crippen LogP contribution in [-0.4, -0.2) is 26.0 Å². The Labute approximate surface area is 170 Å². The van der Waals surface area contributed by atoms with Gasteiger partial charge in [0.05, 0.1) is 16.5 Å². The maximum atomic E-state index is 12.8. The predicted octanol–water partition coefficient (Wildman–Crippen LogP) is 2.86. The first-order chi connectivity index (χ1) is 14.0. The summed E-state index contributed by atoms with van der Waals surface area (Å²) in [5, 5.41) is 9.26. The van der Waals surface area contributed by atoms with Crippen molar-refractivity contribution in [3.63, 3.8) is 0 Å². The Kier molecular flexibility index (Phi) is 5.30. The number of aromatic nitrogens is 1. The summed E-state index contributed by atoms with van der Waals surface area (Å²) in [6, 6.07) is 19.7. The minimum atomic E-state index is -3.63. The molecule has 146 valence electrons. The fourth-order valence-electron chi connectivity index (χ4n) is 3.65. The van der Waals surface area contributed by atoms with E-state index >= 15 is 0 Å². The largest absolute Gasteiger partial charge is 0.365 e. The zero-order valence-electron chi connectivity index (χ0n) is 15.7. The van der Waals surface area contributed by atoms with Crippen LogP contribution in [0.3, 0.4) is 0 Å². The van der Waals surface area contributed by atoms with Crippen molar-refractivity contribution in [1.82, 2.24) is 9.71 Å². The van der Waals surface area contributed by atoms with Crippen LogP contribution in [0.25, 0.3) is 0 Å². The molecule has 1 N–H and O–H groups in total. The summed E-state index contributed by atoms with van der Waals surface area (Å²) in [5.74, 6) is 0. The number of nitrogens with zero attached hydrogens (tertiary/aromatic N) is 3. The van der Waals surface area contributed by atoms with Crippen LogP contribution in [-0.2, 0) is 23.0 Å². The summed E-state index contributed by atoms with van der Waals surface area (Å²) in [6.07, 6.45) is 4.06. The highest BCUT2D eigenvalue weighted by atomic mass is 32.2. The number of nitrogens with one attached hydrogen (secondary N) is 1. The summed E-state index contributed by atoms with van der Waals surface area (Å²) >= 11 is 0. The van der Waals surface area contributed by atoms with Gasteiger partial charge in [-0.05, 0) is 53.9 Å². The van der Waals surface area contributed by atoms with E-state index in [1.54, 1.807) is 48.8 Å². The van der Waals surface area contributed by atoms with Crippen LogP contribution < -0.4 is 9.62 Å². The maximum Gasteiger partial charge on any atom is 0.240 e. The zero-order valence-corrected chi connectivity index (χ0v) is 16.5. The third-order valence-electron chi connectivity index (χ3n) is 4.93. The lowest BCUT2D eigenvalue weighted by Crippen LogP contribution is -2.48. The van der Waals surface area contributed by atoms with E-state index in [0.29, 0.717) is 25.1 Å². The summed E-state index contributed by atoms with van der Waals surface area (Å²) in [5.41, 5.74) is 3.58. The van der Waals surface area contributed by atoms with Crippen LogP contribution in [0.5, 0.6) is 0 Å². The molecule has 0 saturated carbocycles. The van der Waals surface area contributed by atoms with Crippen molar-refractivity contribution < 1.29 is 8.42 Å². The van der Waals surface area contributed by atoms with Crippen LogP contribution in [0, 0.1) is 11.3 Å². The first kappa shape index (κ1) is 19.1. The van der Waals surface area contributed by atoms with Gasteiger partial charge < -0.3 is 4.90 Å². The third-order valence-corrected chi connectivity index (χ3v) is 6.46. The SMILES string of the molecule is N#Cc1ccc2c(c1)C[C@H](NS(=O)(=O)c1ccccc1)CN2Cc1cccnc1. The molecule has 1 aliphatic heterocycles. The van der Waals surface area contributed by atoms with Gasteiger partial charge in [-0.1, -0.05) is 24.3 Å². The molecule has 3 aromatic rings. The summed E-state index contributed by atoms with van der Waals surface area (Å²) in [7, 11) is -3.63. The van der Waals surface area contributed by atoms with Gasteiger partial charge in [-0.15, -0.1) is 0 Å². The lowest BCUT2D eigenvalue weighted by atomic mass is 9.96. The average molecular weight is 404 g/mol. The van der Waals surface area contributed by atoms with Gasteiger partial charge >= 0.3 is 0 Å². The van der Waals surface area contributed by atoms with Crippen molar-refractivity contribution in [3.05, 3.63) is 89.7 Å². The maximum absolute atomic E-state index is 12.8. The average Bonchev–Trinajstić information content (AvgIpc) is 2.74. The monoisotopic (exact) mass is 404 g/mol. The highest BCUT2D eigenvalue weighted by Gasteiger charge is 2.28. The van der Waals surface area contributed by atoms with Crippen LogP contribution >= 0.6 is 0 Å². The molecule has 1 aliphatic rings. The molecule has 29 heavy (non-hydrogen) atoms. The van der Waals surface area contributed by atoms with Crippen molar-refractivity contribution in [2.24, 2.45) is 0 Å². The van der Waals surface area contributed by atoms with Gasteiger partial charge in [0.15, 0.2) is 0 Å². The minimum Gasteiger partial charge on any atom is -0.365 e. The van der Waals surface area contributed by atoms with Crippen molar-refractivity contribution >= 4 is 15.7 Å². The number of benzene rings is 2. The van der Waals surface area contributed by atoms with Crippen LogP contribution in [0.15, 0.2) is 78.0 Å².